The second kappa shape index (κ2) is 4.89. The number of nitrogens with zero attached hydrogens (tertiary/aromatic N) is 1. The molecule has 0 aromatic rings. The van der Waals surface area contributed by atoms with Crippen LogP contribution in [0.3, 0.4) is 0 Å². The summed E-state index contributed by atoms with van der Waals surface area (Å²) in [5.41, 5.74) is 0.401. The van der Waals surface area contributed by atoms with Crippen molar-refractivity contribution in [3.8, 4) is 0 Å². The van der Waals surface area contributed by atoms with Gasteiger partial charge in [0, 0.05) is 23.4 Å². The molecule has 0 N–H and O–H groups in total. The Labute approximate surface area is 105 Å². The lowest BCUT2D eigenvalue weighted by Crippen LogP contribution is -2.52. The fourth-order valence-corrected chi connectivity index (χ4v) is 4.88. The van der Waals surface area contributed by atoms with E-state index in [2.05, 4.69) is 44.4 Å². The SMILES string of the molecule is CCC1CC2CCSCC2N1C(C)(C)CC. The van der Waals surface area contributed by atoms with Gasteiger partial charge in [0.05, 0.1) is 0 Å². The Bertz CT molecular complexity index is 239. The molecule has 0 amide bonds. The minimum absolute atomic E-state index is 0.401. The van der Waals surface area contributed by atoms with Crippen LogP contribution < -0.4 is 0 Å². The van der Waals surface area contributed by atoms with Gasteiger partial charge in [0.25, 0.3) is 0 Å². The molecule has 16 heavy (non-hydrogen) atoms. The van der Waals surface area contributed by atoms with Gasteiger partial charge in [-0.1, -0.05) is 13.8 Å². The van der Waals surface area contributed by atoms with Crippen molar-refractivity contribution in [2.24, 2.45) is 5.92 Å². The van der Waals surface area contributed by atoms with Crippen LogP contribution in [0.25, 0.3) is 0 Å². The molecule has 2 aliphatic heterocycles. The predicted molar refractivity (Wildman–Crippen MR) is 74.1 cm³/mol. The van der Waals surface area contributed by atoms with Crippen LogP contribution in [0.2, 0.25) is 0 Å². The Morgan fingerprint density at radius 3 is 2.69 bits per heavy atom. The Balaban J connectivity index is 2.18. The number of likely N-dealkylation sites (tertiary alicyclic amines) is 1. The maximum absolute atomic E-state index is 2.88. The molecule has 0 radical (unpaired) electrons. The standard InChI is InChI=1S/C14H27NS/c1-5-12-9-11-7-8-16-10-13(11)15(12)14(3,4)6-2/h11-13H,5-10H2,1-4H3. The smallest absolute Gasteiger partial charge is 0.0223 e. The van der Waals surface area contributed by atoms with E-state index >= 15 is 0 Å². The summed E-state index contributed by atoms with van der Waals surface area (Å²) < 4.78 is 0. The highest BCUT2D eigenvalue weighted by atomic mass is 32.2. The molecule has 0 spiro atoms. The highest BCUT2D eigenvalue weighted by molar-refractivity contribution is 7.99. The molecule has 3 atom stereocenters. The highest BCUT2D eigenvalue weighted by Gasteiger charge is 2.46. The summed E-state index contributed by atoms with van der Waals surface area (Å²) in [4.78, 5) is 2.88. The van der Waals surface area contributed by atoms with Crippen molar-refractivity contribution in [3.05, 3.63) is 0 Å². The molecular weight excluding hydrogens is 214 g/mol. The van der Waals surface area contributed by atoms with E-state index in [1.54, 1.807) is 0 Å². The van der Waals surface area contributed by atoms with Gasteiger partial charge >= 0.3 is 0 Å². The summed E-state index contributed by atoms with van der Waals surface area (Å²) in [5, 5.41) is 0. The monoisotopic (exact) mass is 241 g/mol. The quantitative estimate of drug-likeness (QED) is 0.740. The lowest BCUT2D eigenvalue weighted by molar-refractivity contribution is 0.0585. The Hall–Kier alpha value is 0.310. The second-order valence-electron chi connectivity index (χ2n) is 6.06. The highest BCUT2D eigenvalue weighted by Crippen LogP contribution is 2.43. The second-order valence-corrected chi connectivity index (χ2v) is 7.21. The molecule has 0 bridgehead atoms. The number of hydrogen-bond donors (Lipinski definition) is 0. The maximum Gasteiger partial charge on any atom is 0.0223 e. The third kappa shape index (κ3) is 2.15. The van der Waals surface area contributed by atoms with Crippen molar-refractivity contribution < 1.29 is 0 Å². The van der Waals surface area contributed by atoms with E-state index in [0.29, 0.717) is 5.54 Å². The van der Waals surface area contributed by atoms with Crippen molar-refractivity contribution in [2.45, 2.75) is 71.0 Å². The molecular formula is C14H27NS. The molecule has 2 heterocycles. The van der Waals surface area contributed by atoms with Crippen LogP contribution in [-0.2, 0) is 0 Å². The zero-order chi connectivity index (χ0) is 11.8. The van der Waals surface area contributed by atoms with E-state index < -0.39 is 0 Å². The molecule has 94 valence electrons. The van der Waals surface area contributed by atoms with Gasteiger partial charge in [0.2, 0.25) is 0 Å². The van der Waals surface area contributed by atoms with Crippen molar-refractivity contribution in [2.75, 3.05) is 11.5 Å². The number of hydrogen-bond acceptors (Lipinski definition) is 2. The lowest BCUT2D eigenvalue weighted by Gasteiger charge is -2.44. The van der Waals surface area contributed by atoms with Crippen molar-refractivity contribution >= 4 is 11.8 Å². The molecule has 0 saturated carbocycles. The first-order valence-electron chi connectivity index (χ1n) is 6.96. The van der Waals surface area contributed by atoms with Crippen molar-refractivity contribution in [1.82, 2.24) is 4.90 Å². The third-order valence-corrected chi connectivity index (χ3v) is 5.93. The van der Waals surface area contributed by atoms with Crippen LogP contribution in [0.1, 0.15) is 53.4 Å². The van der Waals surface area contributed by atoms with Crippen molar-refractivity contribution in [3.63, 3.8) is 0 Å². The van der Waals surface area contributed by atoms with Crippen LogP contribution in [0.5, 0.6) is 0 Å². The summed E-state index contributed by atoms with van der Waals surface area (Å²) in [7, 11) is 0. The third-order valence-electron chi connectivity index (χ3n) is 4.83. The normalized spacial score (nSPS) is 36.4. The topological polar surface area (TPSA) is 3.24 Å². The first-order valence-corrected chi connectivity index (χ1v) is 8.11. The molecule has 2 heteroatoms. The van der Waals surface area contributed by atoms with E-state index in [-0.39, 0.29) is 0 Å². The molecule has 0 aliphatic carbocycles. The Kier molecular flexibility index (Phi) is 3.90. The maximum atomic E-state index is 2.88. The molecule has 0 aromatic carbocycles. The summed E-state index contributed by atoms with van der Waals surface area (Å²) in [6.45, 7) is 9.60. The summed E-state index contributed by atoms with van der Waals surface area (Å²) in [5.74, 6) is 3.78. The average molecular weight is 241 g/mol. The van der Waals surface area contributed by atoms with Gasteiger partial charge in [-0.3, -0.25) is 4.90 Å². The van der Waals surface area contributed by atoms with Gasteiger partial charge in [-0.05, 0) is 51.2 Å². The zero-order valence-corrected chi connectivity index (χ0v) is 12.1. The van der Waals surface area contributed by atoms with Gasteiger partial charge in [0.15, 0.2) is 0 Å². The van der Waals surface area contributed by atoms with E-state index in [1.165, 1.54) is 37.2 Å². The van der Waals surface area contributed by atoms with Crippen LogP contribution in [0.4, 0.5) is 0 Å². The number of thioether (sulfide) groups is 1. The average Bonchev–Trinajstić information content (AvgIpc) is 2.67. The molecule has 0 aromatic heterocycles. The van der Waals surface area contributed by atoms with Crippen LogP contribution in [0, 0.1) is 5.92 Å². The fraction of sp³-hybridized carbons (Fsp3) is 1.00. The Morgan fingerprint density at radius 1 is 1.31 bits per heavy atom. The van der Waals surface area contributed by atoms with Gasteiger partial charge < -0.3 is 0 Å². The minimum atomic E-state index is 0.401. The first-order chi connectivity index (χ1) is 7.60. The zero-order valence-electron chi connectivity index (χ0n) is 11.3. The summed E-state index contributed by atoms with van der Waals surface area (Å²) >= 11 is 2.17. The molecule has 2 rings (SSSR count). The van der Waals surface area contributed by atoms with E-state index in [4.69, 9.17) is 0 Å². The predicted octanol–water partition coefficient (Wildman–Crippen LogP) is 3.78. The minimum Gasteiger partial charge on any atom is -0.291 e. The van der Waals surface area contributed by atoms with Gasteiger partial charge in [-0.25, -0.2) is 0 Å². The summed E-state index contributed by atoms with van der Waals surface area (Å²) in [6.07, 6.45) is 5.53. The Morgan fingerprint density at radius 2 is 2.06 bits per heavy atom. The molecule has 1 nitrogen and oxygen atoms in total. The van der Waals surface area contributed by atoms with Crippen LogP contribution in [0.15, 0.2) is 0 Å². The van der Waals surface area contributed by atoms with Gasteiger partial charge in [0.1, 0.15) is 0 Å². The lowest BCUT2D eigenvalue weighted by atomic mass is 9.94. The number of rotatable bonds is 3. The van der Waals surface area contributed by atoms with Crippen LogP contribution >= 0.6 is 11.8 Å². The van der Waals surface area contributed by atoms with E-state index in [1.807, 2.05) is 0 Å². The first kappa shape index (κ1) is 12.8. The summed E-state index contributed by atoms with van der Waals surface area (Å²) in [6, 6.07) is 1.72. The molecule has 2 fully saturated rings. The van der Waals surface area contributed by atoms with Gasteiger partial charge in [-0.15, -0.1) is 0 Å². The fourth-order valence-electron chi connectivity index (χ4n) is 3.57. The number of fused-ring (bicyclic) bond motifs is 1. The molecule has 2 saturated heterocycles. The van der Waals surface area contributed by atoms with Crippen LogP contribution in [-0.4, -0.2) is 34.0 Å². The van der Waals surface area contributed by atoms with E-state index in [0.717, 1.165) is 18.0 Å². The molecule has 3 unspecified atom stereocenters. The van der Waals surface area contributed by atoms with Crippen molar-refractivity contribution in [1.29, 1.82) is 0 Å². The largest absolute Gasteiger partial charge is 0.291 e. The van der Waals surface area contributed by atoms with Gasteiger partial charge in [-0.2, -0.15) is 11.8 Å². The van der Waals surface area contributed by atoms with E-state index in [9.17, 15) is 0 Å². The molecule has 2 aliphatic rings.